The van der Waals surface area contributed by atoms with Crippen LogP contribution >= 0.6 is 15.9 Å². The average Bonchev–Trinajstić information content (AvgIpc) is 2.35. The number of hydrogen-bond acceptors (Lipinski definition) is 3. The molecule has 4 nitrogen and oxygen atoms in total. The van der Waals surface area contributed by atoms with Gasteiger partial charge in [0.15, 0.2) is 0 Å². The lowest BCUT2D eigenvalue weighted by Crippen LogP contribution is -2.33. The molecule has 0 fully saturated rings. The Morgan fingerprint density at radius 1 is 1.40 bits per heavy atom. The molecule has 1 aromatic carbocycles. The van der Waals surface area contributed by atoms with E-state index in [-0.39, 0.29) is 16.7 Å². The van der Waals surface area contributed by atoms with Gasteiger partial charge in [0.05, 0.1) is 4.92 Å². The van der Waals surface area contributed by atoms with E-state index in [1.165, 1.54) is 0 Å². The molecule has 0 saturated carbocycles. The van der Waals surface area contributed by atoms with Crippen LogP contribution < -0.4 is 5.32 Å². The molecule has 0 saturated heterocycles. The third-order valence-electron chi connectivity index (χ3n) is 3.14. The van der Waals surface area contributed by atoms with E-state index < -0.39 is 0 Å². The summed E-state index contributed by atoms with van der Waals surface area (Å²) in [6.07, 6.45) is 2.77. The standard InChI is InChI=1S/C15H23BrN2O2/c1-4-7-17-14(8-11(2)3)10-12-9-13(16)5-6-15(12)18(19)20/h5-6,9,11,14,17H,4,7-8,10H2,1-3H3. The molecule has 0 aromatic heterocycles. The van der Waals surface area contributed by atoms with Gasteiger partial charge in [-0.25, -0.2) is 0 Å². The fraction of sp³-hybridized carbons (Fsp3) is 0.600. The van der Waals surface area contributed by atoms with Crippen LogP contribution in [-0.2, 0) is 6.42 Å². The number of nitro benzene ring substituents is 1. The highest BCUT2D eigenvalue weighted by Crippen LogP contribution is 2.25. The van der Waals surface area contributed by atoms with Crippen molar-refractivity contribution in [1.82, 2.24) is 5.32 Å². The molecule has 1 rings (SSSR count). The molecule has 0 aliphatic carbocycles. The number of benzene rings is 1. The van der Waals surface area contributed by atoms with E-state index in [0.29, 0.717) is 12.3 Å². The molecule has 0 aliphatic heterocycles. The minimum atomic E-state index is -0.298. The van der Waals surface area contributed by atoms with Crippen LogP contribution in [0.25, 0.3) is 0 Å². The summed E-state index contributed by atoms with van der Waals surface area (Å²) in [6, 6.07) is 5.44. The van der Waals surface area contributed by atoms with E-state index in [9.17, 15) is 10.1 Å². The van der Waals surface area contributed by atoms with Gasteiger partial charge in [0.25, 0.3) is 5.69 Å². The first-order valence-corrected chi connectivity index (χ1v) is 7.89. The van der Waals surface area contributed by atoms with E-state index in [0.717, 1.165) is 29.4 Å². The first kappa shape index (κ1) is 17.1. The molecule has 20 heavy (non-hydrogen) atoms. The molecule has 0 spiro atoms. The third kappa shape index (κ3) is 5.59. The molecule has 112 valence electrons. The van der Waals surface area contributed by atoms with Gasteiger partial charge in [-0.3, -0.25) is 10.1 Å². The highest BCUT2D eigenvalue weighted by Gasteiger charge is 2.18. The first-order chi connectivity index (χ1) is 9.43. The van der Waals surface area contributed by atoms with Crippen molar-refractivity contribution in [3.05, 3.63) is 38.3 Å². The van der Waals surface area contributed by atoms with Gasteiger partial charge in [-0.15, -0.1) is 0 Å². The highest BCUT2D eigenvalue weighted by atomic mass is 79.9. The summed E-state index contributed by atoms with van der Waals surface area (Å²) in [5.74, 6) is 0.565. The van der Waals surface area contributed by atoms with Crippen molar-refractivity contribution >= 4 is 21.6 Å². The van der Waals surface area contributed by atoms with Gasteiger partial charge in [-0.1, -0.05) is 36.7 Å². The molecule has 0 amide bonds. The second-order valence-corrected chi connectivity index (χ2v) is 6.43. The van der Waals surface area contributed by atoms with Crippen molar-refractivity contribution in [2.75, 3.05) is 6.54 Å². The average molecular weight is 343 g/mol. The zero-order valence-electron chi connectivity index (χ0n) is 12.4. The molecular weight excluding hydrogens is 320 g/mol. The zero-order chi connectivity index (χ0) is 15.1. The predicted octanol–water partition coefficient (Wildman–Crippen LogP) is 4.31. The van der Waals surface area contributed by atoms with Crippen LogP contribution in [0.5, 0.6) is 0 Å². The lowest BCUT2D eigenvalue weighted by Gasteiger charge is -2.20. The van der Waals surface area contributed by atoms with Crippen molar-refractivity contribution in [1.29, 1.82) is 0 Å². The van der Waals surface area contributed by atoms with Crippen molar-refractivity contribution in [3.8, 4) is 0 Å². The monoisotopic (exact) mass is 342 g/mol. The maximum absolute atomic E-state index is 11.1. The SMILES string of the molecule is CCCNC(Cc1cc(Br)ccc1[N+](=O)[O-])CC(C)C. The molecule has 1 aromatic rings. The number of hydrogen-bond donors (Lipinski definition) is 1. The Morgan fingerprint density at radius 2 is 2.10 bits per heavy atom. The van der Waals surface area contributed by atoms with Crippen LogP contribution in [0.15, 0.2) is 22.7 Å². The van der Waals surface area contributed by atoms with Crippen molar-refractivity contribution in [2.24, 2.45) is 5.92 Å². The molecule has 0 bridgehead atoms. The Morgan fingerprint density at radius 3 is 2.65 bits per heavy atom. The zero-order valence-corrected chi connectivity index (χ0v) is 13.9. The number of halogens is 1. The van der Waals surface area contributed by atoms with Crippen molar-refractivity contribution < 1.29 is 4.92 Å². The Balaban J connectivity index is 2.90. The third-order valence-corrected chi connectivity index (χ3v) is 3.64. The predicted molar refractivity (Wildman–Crippen MR) is 86.0 cm³/mol. The van der Waals surface area contributed by atoms with Crippen LogP contribution in [0.4, 0.5) is 5.69 Å². The summed E-state index contributed by atoms with van der Waals surface area (Å²) < 4.78 is 0.886. The number of nitrogens with zero attached hydrogens (tertiary/aromatic N) is 1. The van der Waals surface area contributed by atoms with Crippen LogP contribution in [-0.4, -0.2) is 17.5 Å². The van der Waals surface area contributed by atoms with Crippen LogP contribution in [0.1, 0.15) is 39.2 Å². The molecule has 0 heterocycles. The smallest absolute Gasteiger partial charge is 0.272 e. The lowest BCUT2D eigenvalue weighted by atomic mass is 9.96. The highest BCUT2D eigenvalue weighted by molar-refractivity contribution is 9.10. The van der Waals surface area contributed by atoms with E-state index in [2.05, 4.69) is 42.0 Å². The summed E-state index contributed by atoms with van der Waals surface area (Å²) in [5, 5.41) is 14.6. The van der Waals surface area contributed by atoms with Crippen LogP contribution in [0.2, 0.25) is 0 Å². The Kier molecular flexibility index (Phi) is 7.16. The maximum Gasteiger partial charge on any atom is 0.272 e. The molecule has 1 unspecified atom stereocenters. The van der Waals surface area contributed by atoms with Gasteiger partial charge in [-0.05, 0) is 43.9 Å². The largest absolute Gasteiger partial charge is 0.314 e. The maximum atomic E-state index is 11.1. The van der Waals surface area contributed by atoms with E-state index >= 15 is 0 Å². The second-order valence-electron chi connectivity index (χ2n) is 5.51. The lowest BCUT2D eigenvalue weighted by molar-refractivity contribution is -0.385. The minimum absolute atomic E-state index is 0.209. The molecule has 0 aliphatic rings. The van der Waals surface area contributed by atoms with Gasteiger partial charge < -0.3 is 5.32 Å². The van der Waals surface area contributed by atoms with Gasteiger partial charge in [0.2, 0.25) is 0 Å². The van der Waals surface area contributed by atoms with Crippen molar-refractivity contribution in [2.45, 2.75) is 46.1 Å². The number of nitro groups is 1. The molecule has 1 atom stereocenters. The number of rotatable bonds is 8. The summed E-state index contributed by atoms with van der Waals surface area (Å²) in [5.41, 5.74) is 0.999. The second kappa shape index (κ2) is 8.37. The Bertz CT molecular complexity index is 449. The first-order valence-electron chi connectivity index (χ1n) is 7.10. The topological polar surface area (TPSA) is 55.2 Å². The normalized spacial score (nSPS) is 12.7. The fourth-order valence-electron chi connectivity index (χ4n) is 2.32. The summed E-state index contributed by atoms with van der Waals surface area (Å²) in [4.78, 5) is 10.8. The fourth-order valence-corrected chi connectivity index (χ4v) is 2.73. The molecule has 1 N–H and O–H groups in total. The number of nitrogens with one attached hydrogen (secondary N) is 1. The van der Waals surface area contributed by atoms with Crippen LogP contribution in [0, 0.1) is 16.0 Å². The quantitative estimate of drug-likeness (QED) is 0.565. The molecule has 5 heteroatoms. The van der Waals surface area contributed by atoms with E-state index in [4.69, 9.17) is 0 Å². The van der Waals surface area contributed by atoms with Crippen molar-refractivity contribution in [3.63, 3.8) is 0 Å². The van der Waals surface area contributed by atoms with E-state index in [1.54, 1.807) is 12.1 Å². The van der Waals surface area contributed by atoms with Gasteiger partial charge in [0, 0.05) is 22.1 Å². The van der Waals surface area contributed by atoms with E-state index in [1.807, 2.05) is 6.07 Å². The van der Waals surface area contributed by atoms with Gasteiger partial charge >= 0.3 is 0 Å². The Labute approximate surface area is 129 Å². The summed E-state index contributed by atoms with van der Waals surface area (Å²) in [7, 11) is 0. The Hall–Kier alpha value is -0.940. The van der Waals surface area contributed by atoms with Crippen LogP contribution in [0.3, 0.4) is 0 Å². The molecule has 0 radical (unpaired) electrons. The minimum Gasteiger partial charge on any atom is -0.314 e. The molecular formula is C15H23BrN2O2. The van der Waals surface area contributed by atoms with Gasteiger partial charge in [-0.2, -0.15) is 0 Å². The summed E-state index contributed by atoms with van der Waals surface area (Å²) in [6.45, 7) is 7.42. The van der Waals surface area contributed by atoms with Gasteiger partial charge in [0.1, 0.15) is 0 Å². The summed E-state index contributed by atoms with van der Waals surface area (Å²) >= 11 is 3.40.